The van der Waals surface area contributed by atoms with Crippen LogP contribution in [-0.4, -0.2) is 23.0 Å². The minimum Gasteiger partial charge on any atom is -0.423 e. The zero-order chi connectivity index (χ0) is 21.5. The minimum atomic E-state index is -0.583. The molecule has 30 heavy (non-hydrogen) atoms. The molecule has 9 heteroatoms. The highest BCUT2D eigenvalue weighted by Gasteiger charge is 2.12. The van der Waals surface area contributed by atoms with E-state index in [0.717, 1.165) is 6.07 Å². The third-order valence-corrected chi connectivity index (χ3v) is 4.21. The molecule has 1 N–H and O–H groups in total. The highest BCUT2D eigenvalue weighted by Crippen LogP contribution is 2.19. The SMILES string of the molecule is O=C(N/N=C\c1ccc(OC(=O)c2ccccc2Cl)cc1)c1cccc([N+](=O)[O-])c1. The van der Waals surface area contributed by atoms with Crippen LogP contribution in [0.5, 0.6) is 5.75 Å². The largest absolute Gasteiger partial charge is 0.423 e. The fourth-order valence-electron chi connectivity index (χ4n) is 2.40. The molecule has 0 aliphatic heterocycles. The van der Waals surface area contributed by atoms with E-state index in [4.69, 9.17) is 16.3 Å². The molecule has 3 rings (SSSR count). The van der Waals surface area contributed by atoms with Crippen LogP contribution in [0.25, 0.3) is 0 Å². The smallest absolute Gasteiger partial charge is 0.345 e. The average Bonchev–Trinajstić information content (AvgIpc) is 2.75. The van der Waals surface area contributed by atoms with Gasteiger partial charge in [0, 0.05) is 17.7 Å². The lowest BCUT2D eigenvalue weighted by atomic mass is 10.2. The van der Waals surface area contributed by atoms with Crippen LogP contribution < -0.4 is 10.2 Å². The van der Waals surface area contributed by atoms with Crippen LogP contribution in [0.2, 0.25) is 5.02 Å². The number of esters is 1. The van der Waals surface area contributed by atoms with Crippen LogP contribution in [0, 0.1) is 10.1 Å². The molecule has 0 aliphatic rings. The van der Waals surface area contributed by atoms with Crippen LogP contribution in [0.15, 0.2) is 77.9 Å². The predicted molar refractivity (Wildman–Crippen MR) is 111 cm³/mol. The van der Waals surface area contributed by atoms with E-state index < -0.39 is 16.8 Å². The summed E-state index contributed by atoms with van der Waals surface area (Å²) in [6.07, 6.45) is 1.38. The first-order valence-electron chi connectivity index (χ1n) is 8.58. The van der Waals surface area contributed by atoms with Crippen molar-refractivity contribution in [2.24, 2.45) is 5.10 Å². The lowest BCUT2D eigenvalue weighted by Gasteiger charge is -2.06. The Morgan fingerprint density at radius 2 is 1.77 bits per heavy atom. The topological polar surface area (TPSA) is 111 Å². The Bertz CT molecular complexity index is 1130. The van der Waals surface area contributed by atoms with Gasteiger partial charge in [-0.3, -0.25) is 14.9 Å². The molecule has 0 bridgehead atoms. The Balaban J connectivity index is 1.59. The summed E-state index contributed by atoms with van der Waals surface area (Å²) in [6, 6.07) is 18.3. The molecule has 3 aromatic carbocycles. The summed E-state index contributed by atoms with van der Waals surface area (Å²) >= 11 is 5.98. The van der Waals surface area contributed by atoms with Crippen molar-refractivity contribution in [2.45, 2.75) is 0 Å². The van der Waals surface area contributed by atoms with Gasteiger partial charge in [0.15, 0.2) is 0 Å². The molecule has 8 nitrogen and oxygen atoms in total. The van der Waals surface area contributed by atoms with Crippen molar-refractivity contribution in [3.05, 3.63) is 105 Å². The Morgan fingerprint density at radius 1 is 1.03 bits per heavy atom. The van der Waals surface area contributed by atoms with Gasteiger partial charge in [-0.05, 0) is 48.0 Å². The fraction of sp³-hybridized carbons (Fsp3) is 0. The van der Waals surface area contributed by atoms with Crippen LogP contribution in [0.3, 0.4) is 0 Å². The number of nitrogens with one attached hydrogen (secondary N) is 1. The molecule has 150 valence electrons. The number of halogens is 1. The van der Waals surface area contributed by atoms with E-state index in [-0.39, 0.29) is 16.8 Å². The second kappa shape index (κ2) is 9.44. The maximum atomic E-state index is 12.1. The summed E-state index contributed by atoms with van der Waals surface area (Å²) in [5, 5.41) is 14.9. The predicted octanol–water partition coefficient (Wildman–Crippen LogP) is 4.23. The van der Waals surface area contributed by atoms with Gasteiger partial charge in [0.25, 0.3) is 11.6 Å². The first-order chi connectivity index (χ1) is 14.4. The summed E-state index contributed by atoms with van der Waals surface area (Å²) in [7, 11) is 0. The monoisotopic (exact) mass is 423 g/mol. The standard InChI is InChI=1S/C21H14ClN3O5/c22-19-7-2-1-6-18(19)21(27)30-17-10-8-14(9-11-17)13-23-24-20(26)15-4-3-5-16(12-15)25(28)29/h1-13H,(H,24,26)/b23-13-. The van der Waals surface area contributed by atoms with Crippen molar-refractivity contribution in [1.82, 2.24) is 5.43 Å². The second-order valence-electron chi connectivity index (χ2n) is 5.94. The zero-order valence-corrected chi connectivity index (χ0v) is 16.1. The molecule has 0 atom stereocenters. The maximum Gasteiger partial charge on any atom is 0.345 e. The number of hydrogen-bond acceptors (Lipinski definition) is 6. The van der Waals surface area contributed by atoms with E-state index in [0.29, 0.717) is 16.3 Å². The van der Waals surface area contributed by atoms with Gasteiger partial charge in [0.05, 0.1) is 21.7 Å². The van der Waals surface area contributed by atoms with Gasteiger partial charge in [-0.15, -0.1) is 0 Å². The van der Waals surface area contributed by atoms with Gasteiger partial charge >= 0.3 is 5.97 Å². The van der Waals surface area contributed by atoms with Gasteiger partial charge in [0.2, 0.25) is 0 Å². The highest BCUT2D eigenvalue weighted by atomic mass is 35.5. The summed E-state index contributed by atoms with van der Waals surface area (Å²) in [5.41, 5.74) is 3.11. The van der Waals surface area contributed by atoms with Crippen molar-refractivity contribution in [2.75, 3.05) is 0 Å². The quantitative estimate of drug-likeness (QED) is 0.210. The van der Waals surface area contributed by atoms with Crippen molar-refractivity contribution in [3.63, 3.8) is 0 Å². The molecule has 0 spiro atoms. The second-order valence-corrected chi connectivity index (χ2v) is 6.35. The summed E-state index contributed by atoms with van der Waals surface area (Å²) in [5.74, 6) is -0.843. The van der Waals surface area contributed by atoms with Gasteiger partial charge in [0.1, 0.15) is 5.75 Å². The highest BCUT2D eigenvalue weighted by molar-refractivity contribution is 6.33. The summed E-state index contributed by atoms with van der Waals surface area (Å²) < 4.78 is 5.27. The van der Waals surface area contributed by atoms with Gasteiger partial charge < -0.3 is 4.74 Å². The molecule has 0 unspecified atom stereocenters. The number of amides is 1. The van der Waals surface area contributed by atoms with Gasteiger partial charge in [-0.2, -0.15) is 5.10 Å². The Kier molecular flexibility index (Phi) is 6.51. The number of nitro benzene ring substituents is 1. The Labute approximate surface area is 175 Å². The van der Waals surface area contributed by atoms with Crippen molar-refractivity contribution >= 4 is 35.4 Å². The Hall–Kier alpha value is -4.04. The third-order valence-electron chi connectivity index (χ3n) is 3.88. The molecular weight excluding hydrogens is 410 g/mol. The number of nitrogens with zero attached hydrogens (tertiary/aromatic N) is 2. The molecule has 3 aromatic rings. The van der Waals surface area contributed by atoms with Crippen molar-refractivity contribution in [3.8, 4) is 5.75 Å². The van der Waals surface area contributed by atoms with E-state index in [1.165, 1.54) is 24.4 Å². The zero-order valence-electron chi connectivity index (χ0n) is 15.3. The molecule has 0 heterocycles. The maximum absolute atomic E-state index is 12.1. The van der Waals surface area contributed by atoms with Crippen LogP contribution >= 0.6 is 11.6 Å². The number of hydrazone groups is 1. The number of hydrogen-bond donors (Lipinski definition) is 1. The lowest BCUT2D eigenvalue weighted by Crippen LogP contribution is -2.17. The molecule has 0 aliphatic carbocycles. The molecule has 0 fully saturated rings. The van der Waals surface area contributed by atoms with Crippen LogP contribution in [-0.2, 0) is 0 Å². The number of ether oxygens (including phenoxy) is 1. The lowest BCUT2D eigenvalue weighted by molar-refractivity contribution is -0.384. The van der Waals surface area contributed by atoms with Crippen molar-refractivity contribution in [1.29, 1.82) is 0 Å². The molecule has 0 saturated heterocycles. The number of benzene rings is 3. The molecule has 0 radical (unpaired) electrons. The third kappa shape index (κ3) is 5.27. The number of rotatable bonds is 6. The first kappa shape index (κ1) is 20.7. The fourth-order valence-corrected chi connectivity index (χ4v) is 2.61. The number of nitro groups is 1. The van der Waals surface area contributed by atoms with Crippen LogP contribution in [0.4, 0.5) is 5.69 Å². The number of carbonyl (C=O) groups excluding carboxylic acids is 2. The van der Waals surface area contributed by atoms with Crippen molar-refractivity contribution < 1.29 is 19.2 Å². The van der Waals surface area contributed by atoms with Gasteiger partial charge in [-0.1, -0.05) is 29.8 Å². The first-order valence-corrected chi connectivity index (χ1v) is 8.96. The number of non-ortho nitro benzene ring substituents is 1. The number of carbonyl (C=O) groups is 2. The summed E-state index contributed by atoms with van der Waals surface area (Å²) in [6.45, 7) is 0. The van der Waals surface area contributed by atoms with Crippen LogP contribution in [0.1, 0.15) is 26.3 Å². The van der Waals surface area contributed by atoms with E-state index >= 15 is 0 Å². The summed E-state index contributed by atoms with van der Waals surface area (Å²) in [4.78, 5) is 34.4. The van der Waals surface area contributed by atoms with E-state index in [9.17, 15) is 19.7 Å². The molecule has 1 amide bonds. The minimum absolute atomic E-state index is 0.114. The Morgan fingerprint density at radius 3 is 2.47 bits per heavy atom. The van der Waals surface area contributed by atoms with E-state index in [2.05, 4.69) is 10.5 Å². The van der Waals surface area contributed by atoms with Gasteiger partial charge in [-0.25, -0.2) is 10.2 Å². The van der Waals surface area contributed by atoms with E-state index in [1.54, 1.807) is 48.5 Å². The normalized spacial score (nSPS) is 10.6. The van der Waals surface area contributed by atoms with E-state index in [1.807, 2.05) is 0 Å². The average molecular weight is 424 g/mol. The molecular formula is C21H14ClN3O5. The molecule has 0 aromatic heterocycles. The molecule has 0 saturated carbocycles.